The summed E-state index contributed by atoms with van der Waals surface area (Å²) in [4.78, 5) is 27.1. The Morgan fingerprint density at radius 1 is 1.30 bits per heavy atom. The molecule has 152 valence electrons. The van der Waals surface area contributed by atoms with Crippen molar-refractivity contribution in [2.45, 2.75) is 20.8 Å². The number of nitrogens with zero attached hydrogens (tertiary/aromatic N) is 4. The summed E-state index contributed by atoms with van der Waals surface area (Å²) in [6, 6.07) is 7.84. The first-order chi connectivity index (χ1) is 14.2. The van der Waals surface area contributed by atoms with Crippen LogP contribution in [0, 0.1) is 28.4 Å². The Morgan fingerprint density at radius 3 is 2.77 bits per heavy atom. The van der Waals surface area contributed by atoms with Crippen molar-refractivity contribution in [2.75, 3.05) is 0 Å². The number of nitrogens with one attached hydrogen (secondary N) is 1. The Hall–Kier alpha value is -3.53. The Morgan fingerprint density at radius 2 is 2.07 bits per heavy atom. The normalized spacial score (nSPS) is 17.5. The van der Waals surface area contributed by atoms with Crippen molar-refractivity contribution in [2.24, 2.45) is 16.0 Å². The van der Waals surface area contributed by atoms with E-state index in [-0.39, 0.29) is 23.0 Å². The first kappa shape index (κ1) is 19.8. The van der Waals surface area contributed by atoms with Crippen molar-refractivity contribution in [3.8, 4) is 11.3 Å². The molecule has 10 heteroatoms. The highest BCUT2D eigenvalue weighted by Crippen LogP contribution is 2.32. The van der Waals surface area contributed by atoms with Crippen LogP contribution in [0.4, 0.5) is 5.69 Å². The minimum Gasteiger partial charge on any atom is -0.457 e. The topological polar surface area (TPSA) is 125 Å². The fourth-order valence-electron chi connectivity index (χ4n) is 2.95. The van der Waals surface area contributed by atoms with Crippen LogP contribution in [0.3, 0.4) is 0 Å². The molecule has 2 aliphatic heterocycles. The lowest BCUT2D eigenvalue weighted by Gasteiger charge is -2.19. The largest absolute Gasteiger partial charge is 0.457 e. The molecule has 9 nitrogen and oxygen atoms in total. The maximum atomic E-state index is 12.5. The molecule has 0 radical (unpaired) electrons. The highest BCUT2D eigenvalue weighted by molar-refractivity contribution is 8.27. The summed E-state index contributed by atoms with van der Waals surface area (Å²) in [5.41, 5.74) is 1.42. The molecule has 2 aromatic rings. The number of benzene rings is 1. The van der Waals surface area contributed by atoms with E-state index in [2.05, 4.69) is 10.1 Å². The lowest BCUT2D eigenvalue weighted by molar-refractivity contribution is -0.384. The van der Waals surface area contributed by atoms with Gasteiger partial charge in [0.05, 0.1) is 10.5 Å². The van der Waals surface area contributed by atoms with Gasteiger partial charge in [0.25, 0.3) is 11.6 Å². The van der Waals surface area contributed by atoms with E-state index in [1.807, 2.05) is 20.8 Å². The summed E-state index contributed by atoms with van der Waals surface area (Å²) in [5.74, 6) is 0.312. The fraction of sp³-hybridized carbons (Fsp3) is 0.200. The molecule has 0 fully saturated rings. The molecule has 3 heterocycles. The number of hydrazone groups is 1. The minimum atomic E-state index is -0.538. The van der Waals surface area contributed by atoms with Crippen LogP contribution in [0.5, 0.6) is 0 Å². The van der Waals surface area contributed by atoms with E-state index in [0.717, 1.165) is 10.6 Å². The van der Waals surface area contributed by atoms with Gasteiger partial charge in [0.15, 0.2) is 5.84 Å². The van der Waals surface area contributed by atoms with E-state index < -0.39 is 10.8 Å². The molecule has 30 heavy (non-hydrogen) atoms. The molecule has 1 aromatic heterocycles. The quantitative estimate of drug-likeness (QED) is 0.440. The molecule has 0 saturated heterocycles. The second-order valence-electron chi connectivity index (χ2n) is 7.07. The van der Waals surface area contributed by atoms with Crippen molar-refractivity contribution in [1.82, 2.24) is 5.01 Å². The number of carbonyl (C=O) groups is 1. The van der Waals surface area contributed by atoms with E-state index in [1.54, 1.807) is 18.2 Å². The monoisotopic (exact) mass is 423 g/mol. The molecule has 0 saturated carbocycles. The highest BCUT2D eigenvalue weighted by atomic mass is 32.2. The summed E-state index contributed by atoms with van der Waals surface area (Å²) in [5, 5.41) is 26.3. The van der Waals surface area contributed by atoms with Crippen molar-refractivity contribution in [1.29, 1.82) is 5.41 Å². The lowest BCUT2D eigenvalue weighted by Crippen LogP contribution is -2.35. The van der Waals surface area contributed by atoms with Gasteiger partial charge < -0.3 is 4.42 Å². The zero-order valence-corrected chi connectivity index (χ0v) is 17.2. The zero-order chi connectivity index (χ0) is 21.6. The number of aliphatic imine (C=N–C) groups is 1. The third-order valence-corrected chi connectivity index (χ3v) is 5.78. The molecule has 0 bridgehead atoms. The van der Waals surface area contributed by atoms with Crippen LogP contribution in [0.25, 0.3) is 17.4 Å². The number of thioether (sulfide) groups is 1. The van der Waals surface area contributed by atoms with Crippen LogP contribution in [0.1, 0.15) is 25.2 Å². The molecular weight excluding hydrogens is 406 g/mol. The molecule has 0 atom stereocenters. The third-order valence-electron chi connectivity index (χ3n) is 4.57. The average Bonchev–Trinajstić information content (AvgIpc) is 3.32. The van der Waals surface area contributed by atoms with Gasteiger partial charge in [0, 0.05) is 23.6 Å². The Kier molecular flexibility index (Phi) is 4.86. The number of amides is 1. The number of amidine groups is 2. The first-order valence-corrected chi connectivity index (χ1v) is 9.91. The molecule has 1 aromatic carbocycles. The molecule has 4 rings (SSSR count). The molecule has 1 N–H and O–H groups in total. The maximum Gasteiger partial charge on any atom is 0.283 e. The Labute approximate surface area is 175 Å². The van der Waals surface area contributed by atoms with E-state index in [4.69, 9.17) is 9.83 Å². The van der Waals surface area contributed by atoms with Gasteiger partial charge in [-0.25, -0.2) is 0 Å². The third kappa shape index (κ3) is 3.45. The second-order valence-corrected chi connectivity index (χ2v) is 8.06. The van der Waals surface area contributed by atoms with Gasteiger partial charge >= 0.3 is 0 Å². The van der Waals surface area contributed by atoms with Gasteiger partial charge in [-0.3, -0.25) is 20.3 Å². The molecular formula is C20H17N5O4S. The van der Waals surface area contributed by atoms with Crippen molar-refractivity contribution in [3.05, 3.63) is 57.3 Å². The number of nitro benzene ring substituents is 1. The summed E-state index contributed by atoms with van der Waals surface area (Å²) in [7, 11) is 0. The van der Waals surface area contributed by atoms with Gasteiger partial charge in [-0.1, -0.05) is 19.9 Å². The summed E-state index contributed by atoms with van der Waals surface area (Å²) in [6.07, 6.45) is 1.44. The maximum absolute atomic E-state index is 12.5. The number of rotatable bonds is 4. The molecule has 0 unspecified atom stereocenters. The van der Waals surface area contributed by atoms with E-state index in [9.17, 15) is 14.9 Å². The van der Waals surface area contributed by atoms with Crippen molar-refractivity contribution in [3.63, 3.8) is 0 Å². The van der Waals surface area contributed by atoms with Crippen LogP contribution in [-0.4, -0.2) is 31.9 Å². The van der Waals surface area contributed by atoms with E-state index in [1.165, 1.54) is 35.0 Å². The fourth-order valence-corrected chi connectivity index (χ4v) is 3.84. The molecule has 0 spiro atoms. The first-order valence-electron chi connectivity index (χ1n) is 9.10. The van der Waals surface area contributed by atoms with Crippen LogP contribution < -0.4 is 0 Å². The van der Waals surface area contributed by atoms with Gasteiger partial charge in [0.1, 0.15) is 16.6 Å². The number of fused-ring (bicyclic) bond motifs is 1. The zero-order valence-electron chi connectivity index (χ0n) is 16.4. The van der Waals surface area contributed by atoms with E-state index in [0.29, 0.717) is 22.3 Å². The number of carbonyl (C=O) groups excluding carboxylic acids is 1. The number of non-ortho nitro benzene ring substituents is 1. The van der Waals surface area contributed by atoms with Gasteiger partial charge in [-0.2, -0.15) is 15.1 Å². The second kappa shape index (κ2) is 7.38. The Balaban J connectivity index is 1.67. The van der Waals surface area contributed by atoms with Gasteiger partial charge in [0.2, 0.25) is 5.17 Å². The number of hydrogen-bond acceptors (Lipinski definition) is 7. The average molecular weight is 423 g/mol. The summed E-state index contributed by atoms with van der Waals surface area (Å²) >= 11 is 1.28. The van der Waals surface area contributed by atoms with Gasteiger partial charge in [-0.15, -0.1) is 0 Å². The van der Waals surface area contributed by atoms with Crippen LogP contribution >= 0.6 is 11.8 Å². The smallest absolute Gasteiger partial charge is 0.283 e. The predicted octanol–water partition coefficient (Wildman–Crippen LogP) is 4.44. The number of nitro groups is 1. The number of furan rings is 1. The van der Waals surface area contributed by atoms with E-state index >= 15 is 0 Å². The molecule has 1 amide bonds. The standard InChI is InChI=1S/C20H17N5O4S/c1-10(2)19-23-24-17(21)15(18(26)22-20(24)30-19)9-13-6-7-16(29-13)14-8-12(25(27)28)5-4-11(14)3/h4-10,21H,1-3H3/b15-9-,21-17?. The van der Waals surface area contributed by atoms with Crippen molar-refractivity contribution < 1.29 is 14.1 Å². The number of hydrogen-bond donors (Lipinski definition) is 1. The number of aryl methyl sites for hydroxylation is 1. The van der Waals surface area contributed by atoms with Crippen LogP contribution in [0.15, 0.2) is 50.4 Å². The summed E-state index contributed by atoms with van der Waals surface area (Å²) in [6.45, 7) is 5.78. The van der Waals surface area contributed by atoms with Crippen LogP contribution in [-0.2, 0) is 4.79 Å². The summed E-state index contributed by atoms with van der Waals surface area (Å²) < 4.78 is 5.80. The SMILES string of the molecule is Cc1ccc([N+](=O)[O-])cc1-c1ccc(/C=C2/C(=N)N3N=C(C(C)C)SC3=NC2=O)o1. The molecule has 0 aliphatic carbocycles. The predicted molar refractivity (Wildman–Crippen MR) is 115 cm³/mol. The van der Waals surface area contributed by atoms with Crippen LogP contribution in [0.2, 0.25) is 0 Å². The lowest BCUT2D eigenvalue weighted by atomic mass is 10.1. The van der Waals surface area contributed by atoms with Crippen molar-refractivity contribution >= 4 is 45.5 Å². The minimum absolute atomic E-state index is 0.0386. The molecule has 2 aliphatic rings. The van der Waals surface area contributed by atoms with Gasteiger partial charge in [-0.05, 0) is 42.5 Å². The highest BCUT2D eigenvalue weighted by Gasteiger charge is 2.36. The Bertz CT molecular complexity index is 1190.